The molecule has 2 N–H and O–H groups in total. The lowest BCUT2D eigenvalue weighted by atomic mass is 10.1. The lowest BCUT2D eigenvalue weighted by Gasteiger charge is -2.35. The first-order chi connectivity index (χ1) is 11.2. The molecule has 3 rings (SSSR count). The molecular formula is C16H23IN6S. The molecule has 0 radical (unpaired) electrons. The highest BCUT2D eigenvalue weighted by molar-refractivity contribution is 14.0. The van der Waals surface area contributed by atoms with Crippen molar-refractivity contribution in [1.82, 2.24) is 14.9 Å². The fourth-order valence-electron chi connectivity index (χ4n) is 2.67. The normalized spacial score (nSPS) is 15.3. The molecule has 0 unspecified atom stereocenters. The van der Waals surface area contributed by atoms with Gasteiger partial charge in [0.25, 0.3) is 0 Å². The first kappa shape index (κ1) is 18.9. The summed E-state index contributed by atoms with van der Waals surface area (Å²) in [7, 11) is 0. The SMILES string of the molecule is Cc1cnccc1CCN=C(N)N1CCN(c2nccs2)CC1.I. The number of thiazole rings is 1. The van der Waals surface area contributed by atoms with Gasteiger partial charge >= 0.3 is 0 Å². The smallest absolute Gasteiger partial charge is 0.191 e. The third-order valence-electron chi connectivity index (χ3n) is 4.08. The number of piperazine rings is 1. The van der Waals surface area contributed by atoms with Crippen molar-refractivity contribution < 1.29 is 0 Å². The third-order valence-corrected chi connectivity index (χ3v) is 4.92. The molecule has 0 atom stereocenters. The van der Waals surface area contributed by atoms with E-state index in [0.29, 0.717) is 12.5 Å². The Labute approximate surface area is 163 Å². The maximum atomic E-state index is 6.15. The van der Waals surface area contributed by atoms with Crippen molar-refractivity contribution in [2.75, 3.05) is 37.6 Å². The predicted molar refractivity (Wildman–Crippen MR) is 110 cm³/mol. The van der Waals surface area contributed by atoms with Crippen LogP contribution in [0, 0.1) is 6.92 Å². The number of nitrogens with two attached hydrogens (primary N) is 1. The van der Waals surface area contributed by atoms with Crippen LogP contribution in [0.1, 0.15) is 11.1 Å². The van der Waals surface area contributed by atoms with E-state index in [1.165, 1.54) is 11.1 Å². The van der Waals surface area contributed by atoms with E-state index in [2.05, 4.69) is 31.7 Å². The highest BCUT2D eigenvalue weighted by Gasteiger charge is 2.19. The highest BCUT2D eigenvalue weighted by atomic mass is 127. The summed E-state index contributed by atoms with van der Waals surface area (Å²) >= 11 is 1.68. The minimum absolute atomic E-state index is 0. The molecule has 2 aromatic rings. The number of pyridine rings is 1. The molecule has 1 saturated heterocycles. The van der Waals surface area contributed by atoms with Gasteiger partial charge in [0.2, 0.25) is 0 Å². The molecule has 1 aliphatic heterocycles. The summed E-state index contributed by atoms with van der Waals surface area (Å²) in [6.45, 7) is 6.45. The second-order valence-electron chi connectivity index (χ2n) is 5.58. The topological polar surface area (TPSA) is 70.6 Å². The van der Waals surface area contributed by atoms with Gasteiger partial charge in [-0.25, -0.2) is 4.98 Å². The van der Waals surface area contributed by atoms with E-state index in [1.54, 1.807) is 11.3 Å². The molecule has 1 fully saturated rings. The maximum Gasteiger partial charge on any atom is 0.191 e. The number of aryl methyl sites for hydroxylation is 1. The molecule has 24 heavy (non-hydrogen) atoms. The number of halogens is 1. The lowest BCUT2D eigenvalue weighted by Crippen LogP contribution is -2.51. The number of aliphatic imine (C=N–C) groups is 1. The number of hydrogen-bond donors (Lipinski definition) is 1. The van der Waals surface area contributed by atoms with Crippen LogP contribution in [0.4, 0.5) is 5.13 Å². The van der Waals surface area contributed by atoms with Gasteiger partial charge in [0, 0.05) is 56.7 Å². The Morgan fingerprint density at radius 3 is 2.75 bits per heavy atom. The molecule has 6 nitrogen and oxygen atoms in total. The van der Waals surface area contributed by atoms with Crippen molar-refractivity contribution in [3.63, 3.8) is 0 Å². The van der Waals surface area contributed by atoms with Crippen LogP contribution in [0.5, 0.6) is 0 Å². The van der Waals surface area contributed by atoms with Crippen LogP contribution in [0.25, 0.3) is 0 Å². The molecule has 0 aromatic carbocycles. The van der Waals surface area contributed by atoms with Gasteiger partial charge in [-0.15, -0.1) is 35.3 Å². The summed E-state index contributed by atoms with van der Waals surface area (Å²) in [4.78, 5) is 17.5. The summed E-state index contributed by atoms with van der Waals surface area (Å²) in [6, 6.07) is 2.05. The third kappa shape index (κ3) is 4.79. The zero-order valence-electron chi connectivity index (χ0n) is 13.8. The number of anilines is 1. The Kier molecular flexibility index (Phi) is 7.22. The summed E-state index contributed by atoms with van der Waals surface area (Å²) in [5.74, 6) is 0.649. The summed E-state index contributed by atoms with van der Waals surface area (Å²) < 4.78 is 0. The van der Waals surface area contributed by atoms with Crippen LogP contribution in [0.2, 0.25) is 0 Å². The monoisotopic (exact) mass is 458 g/mol. The summed E-state index contributed by atoms with van der Waals surface area (Å²) in [5, 5.41) is 3.10. The number of rotatable bonds is 4. The fourth-order valence-corrected chi connectivity index (χ4v) is 3.37. The molecule has 8 heteroatoms. The van der Waals surface area contributed by atoms with Crippen LogP contribution in [-0.2, 0) is 6.42 Å². The molecule has 3 heterocycles. The Morgan fingerprint density at radius 2 is 2.08 bits per heavy atom. The van der Waals surface area contributed by atoms with Gasteiger partial charge in [-0.1, -0.05) is 0 Å². The Morgan fingerprint density at radius 1 is 1.29 bits per heavy atom. The second-order valence-corrected chi connectivity index (χ2v) is 6.45. The van der Waals surface area contributed by atoms with Crippen molar-refractivity contribution in [3.8, 4) is 0 Å². The molecule has 0 aliphatic carbocycles. The van der Waals surface area contributed by atoms with Gasteiger partial charge in [-0.2, -0.15) is 0 Å². The first-order valence-corrected chi connectivity index (χ1v) is 8.71. The van der Waals surface area contributed by atoms with E-state index in [4.69, 9.17) is 5.73 Å². The van der Waals surface area contributed by atoms with Crippen molar-refractivity contribution in [2.24, 2.45) is 10.7 Å². The van der Waals surface area contributed by atoms with E-state index in [1.807, 2.05) is 30.0 Å². The molecular weight excluding hydrogens is 435 g/mol. The number of guanidine groups is 1. The summed E-state index contributed by atoms with van der Waals surface area (Å²) in [6.07, 6.45) is 6.46. The molecule has 0 bridgehead atoms. The van der Waals surface area contributed by atoms with Crippen LogP contribution >= 0.6 is 35.3 Å². The molecule has 130 valence electrons. The van der Waals surface area contributed by atoms with Crippen LogP contribution < -0.4 is 10.6 Å². The van der Waals surface area contributed by atoms with Gasteiger partial charge < -0.3 is 15.5 Å². The zero-order chi connectivity index (χ0) is 16.1. The molecule has 0 spiro atoms. The van der Waals surface area contributed by atoms with E-state index >= 15 is 0 Å². The van der Waals surface area contributed by atoms with E-state index < -0.39 is 0 Å². The minimum Gasteiger partial charge on any atom is -0.370 e. The quantitative estimate of drug-likeness (QED) is 0.432. The Balaban J connectivity index is 0.00000208. The average molecular weight is 458 g/mol. The molecule has 0 amide bonds. The standard InChI is InChI=1S/C16H22N6S.HI/c1-13-12-18-4-2-14(13)3-5-19-15(17)21-7-9-22(10-8-21)16-20-6-11-23-16;/h2,4,6,11-12H,3,5,7-10H2,1H3,(H2,17,19);1H. The van der Waals surface area contributed by atoms with Crippen LogP contribution in [-0.4, -0.2) is 53.6 Å². The summed E-state index contributed by atoms with van der Waals surface area (Å²) in [5.41, 5.74) is 8.64. The fraction of sp³-hybridized carbons (Fsp3) is 0.438. The molecule has 2 aromatic heterocycles. The molecule has 0 saturated carbocycles. The Bertz CT molecular complexity index is 652. The first-order valence-electron chi connectivity index (χ1n) is 7.83. The maximum absolute atomic E-state index is 6.15. The number of nitrogens with zero attached hydrogens (tertiary/aromatic N) is 5. The van der Waals surface area contributed by atoms with Crippen molar-refractivity contribution >= 4 is 46.4 Å². The number of hydrogen-bond acceptors (Lipinski definition) is 5. The average Bonchev–Trinajstić information content (AvgIpc) is 3.11. The minimum atomic E-state index is 0. The van der Waals surface area contributed by atoms with Gasteiger partial charge in [0.15, 0.2) is 11.1 Å². The second kappa shape index (κ2) is 9.16. The van der Waals surface area contributed by atoms with Gasteiger partial charge in [-0.3, -0.25) is 9.98 Å². The van der Waals surface area contributed by atoms with Gasteiger partial charge in [0.05, 0.1) is 0 Å². The van der Waals surface area contributed by atoms with Gasteiger partial charge in [-0.05, 0) is 30.5 Å². The zero-order valence-corrected chi connectivity index (χ0v) is 16.9. The van der Waals surface area contributed by atoms with Crippen LogP contribution in [0.3, 0.4) is 0 Å². The van der Waals surface area contributed by atoms with Crippen LogP contribution in [0.15, 0.2) is 35.0 Å². The predicted octanol–water partition coefficient (Wildman–Crippen LogP) is 2.14. The highest BCUT2D eigenvalue weighted by Crippen LogP contribution is 2.18. The van der Waals surface area contributed by atoms with Gasteiger partial charge in [0.1, 0.15) is 0 Å². The van der Waals surface area contributed by atoms with E-state index in [0.717, 1.165) is 37.7 Å². The number of aromatic nitrogens is 2. The van der Waals surface area contributed by atoms with E-state index in [9.17, 15) is 0 Å². The Hall–Kier alpha value is -1.42. The van der Waals surface area contributed by atoms with Crippen molar-refractivity contribution in [1.29, 1.82) is 0 Å². The lowest BCUT2D eigenvalue weighted by molar-refractivity contribution is 0.380. The largest absolute Gasteiger partial charge is 0.370 e. The van der Waals surface area contributed by atoms with Crippen molar-refractivity contribution in [3.05, 3.63) is 41.2 Å². The molecule has 1 aliphatic rings. The van der Waals surface area contributed by atoms with Crippen molar-refractivity contribution in [2.45, 2.75) is 13.3 Å². The van der Waals surface area contributed by atoms with E-state index in [-0.39, 0.29) is 24.0 Å².